The Morgan fingerprint density at radius 2 is 1.48 bits per heavy atom. The van der Waals surface area contributed by atoms with Gasteiger partial charge in [-0.25, -0.2) is 0 Å². The first kappa shape index (κ1) is 39.1. The lowest BCUT2D eigenvalue weighted by Gasteiger charge is -2.20. The zero-order valence-corrected chi connectivity index (χ0v) is 31.2. The average molecular weight is 831 g/mol. The maximum Gasteiger partial charge on any atom is 0.323 e. The van der Waals surface area contributed by atoms with E-state index in [0.717, 1.165) is 30.3 Å². The monoisotopic (exact) mass is 830 g/mol. The van der Waals surface area contributed by atoms with Crippen molar-refractivity contribution in [2.75, 3.05) is 23.7 Å². The zero-order valence-electron chi connectivity index (χ0n) is 26.3. The summed E-state index contributed by atoms with van der Waals surface area (Å²) in [6, 6.07) is 5.27. The molecule has 52 heavy (non-hydrogen) atoms. The number of thiazole rings is 2. The van der Waals surface area contributed by atoms with Gasteiger partial charge in [-0.1, -0.05) is 41.8 Å². The van der Waals surface area contributed by atoms with Crippen LogP contribution in [-0.2, 0) is 49.0 Å². The first-order valence-corrected chi connectivity index (χ1v) is 20.0. The van der Waals surface area contributed by atoms with E-state index in [2.05, 4.69) is 0 Å². The minimum atomic E-state index is -4.17. The Balaban J connectivity index is 1.70. The number of fused-ring (bicyclic) bond motifs is 1. The number of allylic oxidation sites excluding steroid dienone is 1. The van der Waals surface area contributed by atoms with Crippen molar-refractivity contribution in [1.82, 2.24) is 14.0 Å². The number of carboxylic acid groups (broad SMARTS) is 3. The molecule has 0 aliphatic carbocycles. The summed E-state index contributed by atoms with van der Waals surface area (Å²) in [5, 5.41) is 38.7. The minimum absolute atomic E-state index is 0.00501. The molecule has 23 heteroatoms. The fourth-order valence-electron chi connectivity index (χ4n) is 5.07. The first-order chi connectivity index (χ1) is 24.5. The van der Waals surface area contributed by atoms with Gasteiger partial charge in [0.25, 0.3) is 27.1 Å². The number of unbranched alkanes of at least 4 members (excludes halogenated alkanes) is 1. The number of hydrogen-bond donors (Lipinski definition) is 5. The SMILES string of the molecule is O=C(O)CN1C(=O)/C(=c2\s/c(=c3/sc(=CC=C4Sc5ccc(CO)cc5N4CCCCS(=O)(=O)O)c(=O)n3CC(=O)O)c(=O)n2CC(=O)O)SC1=S. The third-order valence-corrected chi connectivity index (χ3v) is 13.3. The van der Waals surface area contributed by atoms with E-state index < -0.39 is 70.4 Å². The number of rotatable bonds is 13. The number of aliphatic hydroxyl groups is 1. The van der Waals surface area contributed by atoms with E-state index >= 15 is 0 Å². The maximum absolute atomic E-state index is 13.7. The number of thiocarbonyl (C=S) groups is 1. The Hall–Kier alpha value is -4.10. The number of carboxylic acids is 3. The second kappa shape index (κ2) is 15.9. The smallest absolute Gasteiger partial charge is 0.323 e. The number of nitrogens with zero attached hydrogens (tertiary/aromatic N) is 4. The van der Waals surface area contributed by atoms with Gasteiger partial charge in [-0.05, 0) is 42.7 Å². The molecule has 1 aromatic carbocycles. The highest BCUT2D eigenvalue weighted by Crippen LogP contribution is 2.46. The van der Waals surface area contributed by atoms with Gasteiger partial charge in [0.2, 0.25) is 0 Å². The van der Waals surface area contributed by atoms with Crippen LogP contribution in [0.2, 0.25) is 0 Å². The molecule has 2 aromatic heterocycles. The normalized spacial score (nSPS) is 17.4. The van der Waals surface area contributed by atoms with E-state index in [9.17, 15) is 57.6 Å². The van der Waals surface area contributed by atoms with Gasteiger partial charge in [-0.15, -0.1) is 22.7 Å². The fraction of sp³-hybridized carbons (Fsp3) is 0.276. The van der Waals surface area contributed by atoms with Crippen molar-refractivity contribution in [1.29, 1.82) is 0 Å². The highest BCUT2D eigenvalue weighted by molar-refractivity contribution is 8.30. The van der Waals surface area contributed by atoms with Crippen LogP contribution in [0, 0.1) is 9.20 Å². The van der Waals surface area contributed by atoms with Gasteiger partial charge >= 0.3 is 17.9 Å². The van der Waals surface area contributed by atoms with E-state index in [0.29, 0.717) is 52.3 Å². The lowest BCUT2D eigenvalue weighted by Crippen LogP contribution is -2.35. The Labute approximate surface area is 313 Å². The van der Waals surface area contributed by atoms with Crippen LogP contribution in [-0.4, -0.2) is 94.4 Å². The summed E-state index contributed by atoms with van der Waals surface area (Å²) in [6.07, 6.45) is 3.49. The number of aliphatic hydroxyl groups excluding tert-OH is 1. The molecule has 3 aromatic rings. The molecule has 0 atom stereocenters. The molecule has 2 aliphatic rings. The van der Waals surface area contributed by atoms with Gasteiger partial charge in [-0.3, -0.25) is 47.4 Å². The molecule has 0 unspecified atom stereocenters. The van der Waals surface area contributed by atoms with Crippen molar-refractivity contribution in [2.45, 2.75) is 37.4 Å². The third-order valence-electron chi connectivity index (χ3n) is 7.30. The van der Waals surface area contributed by atoms with Crippen molar-refractivity contribution in [3.8, 4) is 0 Å². The number of hydrogen-bond acceptors (Lipinski definition) is 15. The van der Waals surface area contributed by atoms with Crippen LogP contribution in [0.15, 0.2) is 43.8 Å². The van der Waals surface area contributed by atoms with Gasteiger partial charge in [-0.2, -0.15) is 8.42 Å². The van der Waals surface area contributed by atoms with Gasteiger partial charge in [0.1, 0.15) is 42.7 Å². The molecule has 276 valence electrons. The molecule has 1 saturated heterocycles. The van der Waals surface area contributed by atoms with Gasteiger partial charge in [0, 0.05) is 11.4 Å². The highest BCUT2D eigenvalue weighted by atomic mass is 32.2. The summed E-state index contributed by atoms with van der Waals surface area (Å²) in [5.74, 6) is -5.55. The molecule has 5 rings (SSSR count). The summed E-state index contributed by atoms with van der Waals surface area (Å²) < 4.78 is 32.5. The maximum atomic E-state index is 13.7. The van der Waals surface area contributed by atoms with Crippen molar-refractivity contribution < 1.29 is 52.6 Å². The van der Waals surface area contributed by atoms with E-state index in [1.54, 1.807) is 24.3 Å². The van der Waals surface area contributed by atoms with Crippen LogP contribution in [0.4, 0.5) is 5.69 Å². The molecule has 0 bridgehead atoms. The van der Waals surface area contributed by atoms with E-state index in [4.69, 9.17) is 16.8 Å². The van der Waals surface area contributed by atoms with Crippen LogP contribution in [0.3, 0.4) is 0 Å². The molecular formula is C29H26N4O13S6. The molecule has 0 spiro atoms. The molecule has 0 radical (unpaired) electrons. The van der Waals surface area contributed by atoms with Crippen LogP contribution in [0.25, 0.3) is 11.0 Å². The van der Waals surface area contributed by atoms with E-state index in [-0.39, 0.29) is 40.6 Å². The number of anilines is 1. The van der Waals surface area contributed by atoms with Crippen LogP contribution < -0.4 is 25.2 Å². The second-order valence-corrected chi connectivity index (χ2v) is 17.2. The van der Waals surface area contributed by atoms with E-state index in [1.807, 2.05) is 4.90 Å². The predicted octanol–water partition coefficient (Wildman–Crippen LogP) is 0.0368. The van der Waals surface area contributed by atoms with Gasteiger partial charge in [0.05, 0.1) is 27.6 Å². The molecule has 2 aliphatic heterocycles. The van der Waals surface area contributed by atoms with Gasteiger partial charge in [0.15, 0.2) is 0 Å². The Morgan fingerprint density at radius 1 is 0.827 bits per heavy atom. The molecule has 1 amide bonds. The molecule has 1 fully saturated rings. The fourth-order valence-corrected chi connectivity index (χ4v) is 10.4. The quantitative estimate of drug-likeness (QED) is 0.0866. The summed E-state index contributed by atoms with van der Waals surface area (Å²) in [5.41, 5.74) is -0.396. The number of aliphatic carboxylic acids is 3. The minimum Gasteiger partial charge on any atom is -0.480 e. The molecule has 17 nitrogen and oxygen atoms in total. The third kappa shape index (κ3) is 8.57. The lowest BCUT2D eigenvalue weighted by atomic mass is 10.2. The van der Waals surface area contributed by atoms with Crippen molar-refractivity contribution in [2.24, 2.45) is 0 Å². The molecular weight excluding hydrogens is 805 g/mol. The van der Waals surface area contributed by atoms with Crippen LogP contribution in [0.1, 0.15) is 18.4 Å². The standard InChI is InChI=1S/C29H26N4O13S6/c34-13-14-3-4-16-15(9-14)30(7-1-2-8-52(44,45)46)18(48-16)6-5-17-24(41)31(10-19(35)36)27(49-17)22-25(42)32(11-20(37)38)28(50-22)23-26(43)33(12-21(39)40)29(47)51-23/h3-6,9,34H,1-2,7-8,10-13H2,(H,35,36)(H,37,38)(H,39,40)(H,44,45,46)/b17-5?,18-6?,27-22+,28-23+. The average Bonchev–Trinajstić information content (AvgIpc) is 3.75. The van der Waals surface area contributed by atoms with Crippen LogP contribution >= 0.6 is 58.4 Å². The van der Waals surface area contributed by atoms with Crippen molar-refractivity contribution in [3.63, 3.8) is 0 Å². The second-order valence-electron chi connectivity index (χ2n) is 10.9. The number of aromatic nitrogens is 2. The Morgan fingerprint density at radius 3 is 2.10 bits per heavy atom. The summed E-state index contributed by atoms with van der Waals surface area (Å²) in [6.45, 7) is -2.50. The molecule has 5 N–H and O–H groups in total. The Kier molecular flexibility index (Phi) is 11.9. The molecule has 0 saturated carbocycles. The predicted molar refractivity (Wildman–Crippen MR) is 196 cm³/mol. The number of benzene rings is 1. The number of carbonyl (C=O) groups is 4. The number of thioether (sulfide) groups is 2. The lowest BCUT2D eigenvalue weighted by molar-refractivity contribution is -0.140. The largest absolute Gasteiger partial charge is 0.480 e. The van der Waals surface area contributed by atoms with Crippen molar-refractivity contribution >= 4 is 113 Å². The highest BCUT2D eigenvalue weighted by Gasteiger charge is 2.35. The molecule has 4 heterocycles. The zero-order chi connectivity index (χ0) is 38.1. The van der Waals surface area contributed by atoms with E-state index in [1.165, 1.54) is 17.8 Å². The van der Waals surface area contributed by atoms with Crippen LogP contribution in [0.5, 0.6) is 0 Å². The summed E-state index contributed by atoms with van der Waals surface area (Å²) in [7, 11) is -4.17. The van der Waals surface area contributed by atoms with Gasteiger partial charge < -0.3 is 25.3 Å². The topological polar surface area (TPSA) is 254 Å². The summed E-state index contributed by atoms with van der Waals surface area (Å²) in [4.78, 5) is 78.7. The number of carbonyl (C=O) groups excluding carboxylic acids is 1. The Bertz CT molecular complexity index is 2520. The first-order valence-electron chi connectivity index (χ1n) is 14.7. The summed E-state index contributed by atoms with van der Waals surface area (Å²) >= 11 is 8.51. The number of amides is 1. The van der Waals surface area contributed by atoms with Crippen molar-refractivity contribution in [3.05, 3.63) is 74.0 Å².